The maximum Gasteiger partial charge on any atom is 0.222 e. The molecule has 0 atom stereocenters. The number of aromatic nitrogens is 2. The van der Waals surface area contributed by atoms with Crippen LogP contribution in [0.4, 0.5) is 0 Å². The average Bonchev–Trinajstić information content (AvgIpc) is 2.98. The van der Waals surface area contributed by atoms with Gasteiger partial charge in [0.1, 0.15) is 0 Å². The average molecular weight is 352 g/mol. The molecule has 1 aromatic heterocycles. The van der Waals surface area contributed by atoms with Crippen molar-refractivity contribution >= 4 is 17.5 Å². The Morgan fingerprint density at radius 3 is 2.83 bits per heavy atom. The maximum absolute atomic E-state index is 12.0. The van der Waals surface area contributed by atoms with Gasteiger partial charge in [0.05, 0.1) is 24.9 Å². The number of nitrogens with zero attached hydrogens (tertiary/aromatic N) is 2. The normalized spacial score (nSPS) is 10.5. The predicted molar refractivity (Wildman–Crippen MR) is 92.6 cm³/mol. The predicted octanol–water partition coefficient (Wildman–Crippen LogP) is 2.96. The molecule has 7 heteroatoms. The van der Waals surface area contributed by atoms with Crippen molar-refractivity contribution in [2.75, 3.05) is 13.7 Å². The standard InChI is InChI=1S/C17H22ClN3O3/c1-4-24-17-14(18)7-13(8-15(17)23-3)10-19-16(22)5-6-21-11-12(2)9-20-21/h7-9,11H,4-6,10H2,1-3H3,(H,19,22). The zero-order valence-corrected chi connectivity index (χ0v) is 14.9. The number of aryl methyl sites for hydroxylation is 2. The van der Waals surface area contributed by atoms with Crippen molar-refractivity contribution in [3.63, 3.8) is 0 Å². The molecular weight excluding hydrogens is 330 g/mol. The first-order valence-corrected chi connectivity index (χ1v) is 8.16. The van der Waals surface area contributed by atoms with Crippen LogP contribution in [0.15, 0.2) is 24.5 Å². The zero-order chi connectivity index (χ0) is 17.5. The van der Waals surface area contributed by atoms with Gasteiger partial charge in [0.15, 0.2) is 11.5 Å². The number of hydrogen-bond acceptors (Lipinski definition) is 4. The van der Waals surface area contributed by atoms with Crippen LogP contribution in [-0.4, -0.2) is 29.4 Å². The number of halogens is 1. The quantitative estimate of drug-likeness (QED) is 0.794. The van der Waals surface area contributed by atoms with Crippen LogP contribution in [0.2, 0.25) is 5.02 Å². The second-order valence-corrected chi connectivity index (χ2v) is 5.76. The highest BCUT2D eigenvalue weighted by Gasteiger charge is 2.12. The summed E-state index contributed by atoms with van der Waals surface area (Å²) < 4.78 is 12.5. The third-order valence-corrected chi connectivity index (χ3v) is 3.68. The minimum absolute atomic E-state index is 0.0490. The fourth-order valence-corrected chi connectivity index (χ4v) is 2.54. The van der Waals surface area contributed by atoms with Gasteiger partial charge >= 0.3 is 0 Å². The second-order valence-electron chi connectivity index (χ2n) is 5.35. The SMILES string of the molecule is CCOc1c(Cl)cc(CNC(=O)CCn2cc(C)cn2)cc1OC. The first-order valence-electron chi connectivity index (χ1n) is 7.78. The van der Waals surface area contributed by atoms with Crippen LogP contribution in [0, 0.1) is 6.92 Å². The summed E-state index contributed by atoms with van der Waals surface area (Å²) >= 11 is 6.22. The molecule has 0 aliphatic rings. The lowest BCUT2D eigenvalue weighted by Crippen LogP contribution is -2.24. The molecule has 0 saturated heterocycles. The first kappa shape index (κ1) is 18.1. The molecule has 1 N–H and O–H groups in total. The van der Waals surface area contributed by atoms with Crippen LogP contribution >= 0.6 is 11.6 Å². The van der Waals surface area contributed by atoms with Crippen molar-refractivity contribution in [2.24, 2.45) is 0 Å². The molecule has 2 rings (SSSR count). The van der Waals surface area contributed by atoms with Crippen molar-refractivity contribution in [1.82, 2.24) is 15.1 Å². The number of ether oxygens (including phenoxy) is 2. The van der Waals surface area contributed by atoms with E-state index >= 15 is 0 Å². The Hall–Kier alpha value is -2.21. The molecule has 24 heavy (non-hydrogen) atoms. The van der Waals surface area contributed by atoms with Crippen molar-refractivity contribution < 1.29 is 14.3 Å². The Bertz CT molecular complexity index is 700. The lowest BCUT2D eigenvalue weighted by atomic mass is 10.2. The van der Waals surface area contributed by atoms with E-state index in [-0.39, 0.29) is 5.91 Å². The van der Waals surface area contributed by atoms with Gasteiger partial charge in [0, 0.05) is 25.7 Å². The molecule has 6 nitrogen and oxygen atoms in total. The summed E-state index contributed by atoms with van der Waals surface area (Å²) in [7, 11) is 1.56. The number of hydrogen-bond donors (Lipinski definition) is 1. The summed E-state index contributed by atoms with van der Waals surface area (Å²) in [4.78, 5) is 12.0. The van der Waals surface area contributed by atoms with Gasteiger partial charge in [-0.3, -0.25) is 9.48 Å². The van der Waals surface area contributed by atoms with E-state index in [1.165, 1.54) is 0 Å². The molecular formula is C17H22ClN3O3. The van der Waals surface area contributed by atoms with Gasteiger partial charge in [0.2, 0.25) is 5.91 Å². The molecule has 2 aromatic rings. The number of nitrogens with one attached hydrogen (secondary N) is 1. The van der Waals surface area contributed by atoms with E-state index in [1.54, 1.807) is 24.1 Å². The molecule has 0 aliphatic heterocycles. The molecule has 0 bridgehead atoms. The van der Waals surface area contributed by atoms with Crippen LogP contribution in [0.3, 0.4) is 0 Å². The highest BCUT2D eigenvalue weighted by Crippen LogP contribution is 2.36. The van der Waals surface area contributed by atoms with E-state index in [0.717, 1.165) is 11.1 Å². The van der Waals surface area contributed by atoms with Gasteiger partial charge < -0.3 is 14.8 Å². The van der Waals surface area contributed by atoms with E-state index in [9.17, 15) is 4.79 Å². The molecule has 0 aliphatic carbocycles. The number of amides is 1. The van der Waals surface area contributed by atoms with E-state index in [4.69, 9.17) is 21.1 Å². The van der Waals surface area contributed by atoms with Gasteiger partial charge in [-0.2, -0.15) is 5.10 Å². The molecule has 0 fully saturated rings. The monoisotopic (exact) mass is 351 g/mol. The largest absolute Gasteiger partial charge is 0.493 e. The zero-order valence-electron chi connectivity index (χ0n) is 14.1. The molecule has 1 heterocycles. The summed E-state index contributed by atoms with van der Waals surface area (Å²) in [6, 6.07) is 3.58. The van der Waals surface area contributed by atoms with E-state index in [1.807, 2.05) is 26.1 Å². The van der Waals surface area contributed by atoms with Gasteiger partial charge in [-0.1, -0.05) is 11.6 Å². The van der Waals surface area contributed by atoms with E-state index in [2.05, 4.69) is 10.4 Å². The van der Waals surface area contributed by atoms with Gasteiger partial charge in [-0.25, -0.2) is 0 Å². The Morgan fingerprint density at radius 2 is 2.21 bits per heavy atom. The Labute approximate surface area is 146 Å². The van der Waals surface area contributed by atoms with E-state index < -0.39 is 0 Å². The number of carbonyl (C=O) groups is 1. The van der Waals surface area contributed by atoms with Crippen molar-refractivity contribution in [3.05, 3.63) is 40.7 Å². The minimum atomic E-state index is -0.0490. The van der Waals surface area contributed by atoms with Crippen LogP contribution < -0.4 is 14.8 Å². The fourth-order valence-electron chi connectivity index (χ4n) is 2.25. The van der Waals surface area contributed by atoms with E-state index in [0.29, 0.717) is 42.6 Å². The van der Waals surface area contributed by atoms with Gasteiger partial charge in [0.25, 0.3) is 0 Å². The van der Waals surface area contributed by atoms with Gasteiger partial charge in [-0.05, 0) is 37.1 Å². The summed E-state index contributed by atoms with van der Waals surface area (Å²) in [5.74, 6) is 1.03. The summed E-state index contributed by atoms with van der Waals surface area (Å²) in [5, 5.41) is 7.49. The second kappa shape index (κ2) is 8.59. The molecule has 1 aromatic carbocycles. The van der Waals surface area contributed by atoms with Crippen LogP contribution in [0.5, 0.6) is 11.5 Å². The van der Waals surface area contributed by atoms with Crippen LogP contribution in [0.25, 0.3) is 0 Å². The molecule has 0 radical (unpaired) electrons. The maximum atomic E-state index is 12.0. The number of benzene rings is 1. The smallest absolute Gasteiger partial charge is 0.222 e. The van der Waals surface area contributed by atoms with Crippen molar-refractivity contribution in [3.8, 4) is 11.5 Å². The molecule has 130 valence electrons. The molecule has 0 spiro atoms. The third kappa shape index (κ3) is 4.89. The minimum Gasteiger partial charge on any atom is -0.493 e. The Balaban J connectivity index is 1.91. The highest BCUT2D eigenvalue weighted by molar-refractivity contribution is 6.32. The van der Waals surface area contributed by atoms with Crippen LogP contribution in [-0.2, 0) is 17.9 Å². The van der Waals surface area contributed by atoms with Crippen molar-refractivity contribution in [2.45, 2.75) is 33.4 Å². The number of methoxy groups -OCH3 is 1. The topological polar surface area (TPSA) is 65.4 Å². The molecule has 0 saturated carbocycles. The lowest BCUT2D eigenvalue weighted by molar-refractivity contribution is -0.121. The van der Waals surface area contributed by atoms with Gasteiger partial charge in [-0.15, -0.1) is 0 Å². The molecule has 0 unspecified atom stereocenters. The summed E-state index contributed by atoms with van der Waals surface area (Å²) in [5.41, 5.74) is 1.93. The number of carbonyl (C=O) groups excluding carboxylic acids is 1. The van der Waals surface area contributed by atoms with Crippen molar-refractivity contribution in [1.29, 1.82) is 0 Å². The Kier molecular flexibility index (Phi) is 6.49. The first-order chi connectivity index (χ1) is 11.5. The fraction of sp³-hybridized carbons (Fsp3) is 0.412. The highest BCUT2D eigenvalue weighted by atomic mass is 35.5. The Morgan fingerprint density at radius 1 is 1.42 bits per heavy atom. The summed E-state index contributed by atoms with van der Waals surface area (Å²) in [6.07, 6.45) is 4.04. The number of rotatable bonds is 8. The third-order valence-electron chi connectivity index (χ3n) is 3.40. The van der Waals surface area contributed by atoms with Crippen LogP contribution in [0.1, 0.15) is 24.5 Å². The summed E-state index contributed by atoms with van der Waals surface area (Å²) in [6.45, 7) is 5.27. The molecule has 1 amide bonds. The lowest BCUT2D eigenvalue weighted by Gasteiger charge is -2.13.